The van der Waals surface area contributed by atoms with Gasteiger partial charge in [-0.2, -0.15) is 0 Å². The van der Waals surface area contributed by atoms with Crippen molar-refractivity contribution in [2.24, 2.45) is 22.7 Å². The minimum absolute atomic E-state index is 0.103. The lowest BCUT2D eigenvalue weighted by atomic mass is 9.48. The van der Waals surface area contributed by atoms with Crippen molar-refractivity contribution in [2.75, 3.05) is 7.11 Å². The van der Waals surface area contributed by atoms with Crippen molar-refractivity contribution in [1.29, 1.82) is 0 Å². The van der Waals surface area contributed by atoms with Crippen molar-refractivity contribution in [3.63, 3.8) is 0 Å². The van der Waals surface area contributed by atoms with Crippen molar-refractivity contribution < 1.29 is 14.2 Å². The summed E-state index contributed by atoms with van der Waals surface area (Å²) in [6.45, 7) is 2.10. The van der Waals surface area contributed by atoms with E-state index in [9.17, 15) is 9.50 Å². The molecule has 0 atom stereocenters. The Morgan fingerprint density at radius 1 is 0.943 bits per heavy atom. The summed E-state index contributed by atoms with van der Waals surface area (Å²) in [6.07, 6.45) is 9.44. The first-order valence-corrected chi connectivity index (χ1v) is 12.8. The number of phenolic OH excluding ortho intramolecular Hbond substituents is 1. The number of phenols is 1. The third-order valence-electron chi connectivity index (χ3n) is 8.59. The van der Waals surface area contributed by atoms with Gasteiger partial charge in [0.05, 0.1) is 12.8 Å². The number of hydrogen-bond donors (Lipinski definition) is 1. The molecule has 1 N–H and O–H groups in total. The van der Waals surface area contributed by atoms with Crippen molar-refractivity contribution in [3.05, 3.63) is 77.1 Å². The average molecular weight is 470 g/mol. The number of halogens is 1. The van der Waals surface area contributed by atoms with Crippen LogP contribution in [0, 0.1) is 30.5 Å². The van der Waals surface area contributed by atoms with E-state index < -0.39 is 0 Å². The highest BCUT2D eigenvalue weighted by atomic mass is 19.1. The first kappa shape index (κ1) is 22.3. The number of para-hydroxylation sites is 1. The molecular formula is C31H32FNO2. The van der Waals surface area contributed by atoms with Gasteiger partial charge in [0.2, 0.25) is 0 Å². The Labute approximate surface area is 206 Å². The third kappa shape index (κ3) is 3.93. The summed E-state index contributed by atoms with van der Waals surface area (Å²) in [7, 11) is 1.61. The van der Waals surface area contributed by atoms with E-state index in [1.165, 1.54) is 50.7 Å². The molecule has 3 aromatic carbocycles. The van der Waals surface area contributed by atoms with Gasteiger partial charge in [-0.3, -0.25) is 4.99 Å². The number of nitrogens with zero attached hydrogens (tertiary/aromatic N) is 1. The van der Waals surface area contributed by atoms with Gasteiger partial charge in [-0.1, -0.05) is 24.3 Å². The molecule has 0 aliphatic heterocycles. The maximum absolute atomic E-state index is 14.2. The Morgan fingerprint density at radius 2 is 1.63 bits per heavy atom. The maximum Gasteiger partial charge on any atom is 0.128 e. The molecule has 4 bridgehead atoms. The lowest BCUT2D eigenvalue weighted by Gasteiger charge is -2.57. The summed E-state index contributed by atoms with van der Waals surface area (Å²) >= 11 is 0. The molecule has 4 saturated carbocycles. The van der Waals surface area contributed by atoms with E-state index >= 15 is 0 Å². The third-order valence-corrected chi connectivity index (χ3v) is 8.59. The predicted octanol–water partition coefficient (Wildman–Crippen LogP) is 7.73. The van der Waals surface area contributed by atoms with Crippen molar-refractivity contribution in [2.45, 2.75) is 50.9 Å². The first-order valence-electron chi connectivity index (χ1n) is 12.8. The van der Waals surface area contributed by atoms with Gasteiger partial charge in [-0.25, -0.2) is 4.39 Å². The SMILES string of the molecule is COc1ccccc1-c1cc(F)ccc1N=Cc1cc(C)cc(C23CC4CC(CC(C4)C2)C3)c1O. The molecule has 0 radical (unpaired) electrons. The number of aliphatic imine (C=N–C) groups is 1. The molecule has 4 aliphatic rings. The van der Waals surface area contributed by atoms with Crippen molar-refractivity contribution in [3.8, 4) is 22.6 Å². The van der Waals surface area contributed by atoms with Gasteiger partial charge in [0.25, 0.3) is 0 Å². The number of benzene rings is 3. The summed E-state index contributed by atoms with van der Waals surface area (Å²) in [5, 5.41) is 11.5. The van der Waals surface area contributed by atoms with Crippen LogP contribution in [-0.2, 0) is 5.41 Å². The summed E-state index contributed by atoms with van der Waals surface area (Å²) < 4.78 is 19.7. The lowest BCUT2D eigenvalue weighted by Crippen LogP contribution is -2.48. The molecule has 3 aromatic rings. The molecule has 0 heterocycles. The Hall–Kier alpha value is -3.14. The number of rotatable bonds is 5. The van der Waals surface area contributed by atoms with Crippen LogP contribution in [0.1, 0.15) is 55.2 Å². The summed E-state index contributed by atoms with van der Waals surface area (Å²) in [5.41, 5.74) is 5.16. The number of aryl methyl sites for hydroxylation is 1. The number of hydrogen-bond acceptors (Lipinski definition) is 3. The van der Waals surface area contributed by atoms with Gasteiger partial charge in [0.1, 0.15) is 17.3 Å². The van der Waals surface area contributed by atoms with Crippen LogP contribution in [0.2, 0.25) is 0 Å². The standard InChI is InChI=1S/C31H32FNO2/c1-19-9-23(30(34)27(10-19)31-15-20-11-21(16-31)13-22(12-20)17-31)18-33-28-8-7-24(32)14-26(28)25-5-3-4-6-29(25)35-2/h3-10,14,18,20-22,34H,11-13,15-17H2,1-2H3. The minimum Gasteiger partial charge on any atom is -0.507 e. The van der Waals surface area contributed by atoms with Gasteiger partial charge in [-0.05, 0) is 105 Å². The second kappa shape index (κ2) is 8.51. The van der Waals surface area contributed by atoms with Gasteiger partial charge in [0.15, 0.2) is 0 Å². The van der Waals surface area contributed by atoms with E-state index in [1.807, 2.05) is 30.3 Å². The molecule has 0 unspecified atom stereocenters. The zero-order chi connectivity index (χ0) is 24.2. The van der Waals surface area contributed by atoms with Crippen LogP contribution in [-0.4, -0.2) is 18.4 Å². The molecule has 3 nitrogen and oxygen atoms in total. The molecule has 0 aromatic heterocycles. The second-order valence-corrected chi connectivity index (χ2v) is 11.1. The van der Waals surface area contributed by atoms with E-state index in [0.717, 1.165) is 40.0 Å². The second-order valence-electron chi connectivity index (χ2n) is 11.1. The monoisotopic (exact) mass is 469 g/mol. The van der Waals surface area contributed by atoms with E-state index in [-0.39, 0.29) is 11.2 Å². The fraction of sp³-hybridized carbons (Fsp3) is 0.387. The number of methoxy groups -OCH3 is 1. The number of ether oxygens (including phenoxy) is 1. The fourth-order valence-electron chi connectivity index (χ4n) is 7.59. The first-order chi connectivity index (χ1) is 16.9. The zero-order valence-corrected chi connectivity index (χ0v) is 20.4. The van der Waals surface area contributed by atoms with Crippen LogP contribution >= 0.6 is 0 Å². The zero-order valence-electron chi connectivity index (χ0n) is 20.4. The van der Waals surface area contributed by atoms with Crippen molar-refractivity contribution >= 4 is 11.9 Å². The highest BCUT2D eigenvalue weighted by molar-refractivity contribution is 5.90. The summed E-state index contributed by atoms with van der Waals surface area (Å²) in [5.74, 6) is 3.12. The Bertz CT molecular complexity index is 1280. The van der Waals surface area contributed by atoms with Gasteiger partial charge in [0, 0.05) is 28.5 Å². The van der Waals surface area contributed by atoms with Gasteiger partial charge >= 0.3 is 0 Å². The molecule has 35 heavy (non-hydrogen) atoms. The highest BCUT2D eigenvalue weighted by Gasteiger charge is 2.52. The normalized spacial score (nSPS) is 27.0. The van der Waals surface area contributed by atoms with Crippen LogP contribution in [0.15, 0.2) is 59.6 Å². The predicted molar refractivity (Wildman–Crippen MR) is 138 cm³/mol. The highest BCUT2D eigenvalue weighted by Crippen LogP contribution is 2.62. The van der Waals surface area contributed by atoms with Crippen LogP contribution in [0.3, 0.4) is 0 Å². The quantitative estimate of drug-likeness (QED) is 0.388. The Kier molecular flexibility index (Phi) is 5.43. The molecule has 7 rings (SSSR count). The molecule has 4 heteroatoms. The summed E-state index contributed by atoms with van der Waals surface area (Å²) in [6, 6.07) is 16.3. The molecular weight excluding hydrogens is 437 g/mol. The van der Waals surface area contributed by atoms with Crippen molar-refractivity contribution in [1.82, 2.24) is 0 Å². The van der Waals surface area contributed by atoms with Crippen LogP contribution < -0.4 is 4.74 Å². The largest absolute Gasteiger partial charge is 0.507 e. The topological polar surface area (TPSA) is 41.8 Å². The van der Waals surface area contributed by atoms with E-state index in [0.29, 0.717) is 22.7 Å². The van der Waals surface area contributed by atoms with E-state index in [1.54, 1.807) is 19.4 Å². The lowest BCUT2D eigenvalue weighted by molar-refractivity contribution is -0.00616. The van der Waals surface area contributed by atoms with E-state index in [2.05, 4.69) is 13.0 Å². The van der Waals surface area contributed by atoms with Crippen LogP contribution in [0.4, 0.5) is 10.1 Å². The van der Waals surface area contributed by atoms with E-state index in [4.69, 9.17) is 9.73 Å². The summed E-state index contributed by atoms with van der Waals surface area (Å²) in [4.78, 5) is 4.75. The molecule has 4 fully saturated rings. The molecule has 4 aliphatic carbocycles. The van der Waals surface area contributed by atoms with Gasteiger partial charge < -0.3 is 9.84 Å². The molecule has 0 saturated heterocycles. The molecule has 0 spiro atoms. The Balaban J connectivity index is 1.40. The maximum atomic E-state index is 14.2. The Morgan fingerprint density at radius 3 is 2.31 bits per heavy atom. The average Bonchev–Trinajstić information content (AvgIpc) is 2.84. The smallest absolute Gasteiger partial charge is 0.128 e. The van der Waals surface area contributed by atoms with Gasteiger partial charge in [-0.15, -0.1) is 0 Å². The number of aromatic hydroxyl groups is 1. The minimum atomic E-state index is -0.327. The molecule has 180 valence electrons. The van der Waals surface area contributed by atoms with Crippen LogP contribution in [0.25, 0.3) is 11.1 Å². The van der Waals surface area contributed by atoms with Crippen LogP contribution in [0.5, 0.6) is 11.5 Å². The molecule has 0 amide bonds. The fourth-order valence-corrected chi connectivity index (χ4v) is 7.59.